The Morgan fingerprint density at radius 2 is 2.05 bits per heavy atom. The Morgan fingerprint density at radius 3 is 2.58 bits per heavy atom. The zero-order valence-corrected chi connectivity index (χ0v) is 12.2. The highest BCUT2D eigenvalue weighted by Gasteiger charge is 2.09. The number of rotatable bonds is 6. The molecule has 0 heterocycles. The number of methoxy groups -OCH3 is 1. The molecule has 1 rings (SSSR count). The van der Waals surface area contributed by atoms with Crippen molar-refractivity contribution in [1.29, 1.82) is 0 Å². The fourth-order valence-corrected chi connectivity index (χ4v) is 1.83. The number of amides is 1. The molecule has 1 aromatic rings. The average Bonchev–Trinajstić information content (AvgIpc) is 2.38. The van der Waals surface area contributed by atoms with Gasteiger partial charge in [-0.2, -0.15) is 0 Å². The van der Waals surface area contributed by atoms with Gasteiger partial charge in [-0.3, -0.25) is 4.79 Å². The van der Waals surface area contributed by atoms with Crippen LogP contribution in [0.5, 0.6) is 5.75 Å². The summed E-state index contributed by atoms with van der Waals surface area (Å²) in [6.07, 6.45) is 0.738. The van der Waals surface area contributed by atoms with E-state index in [0.717, 1.165) is 17.7 Å². The van der Waals surface area contributed by atoms with Crippen LogP contribution in [0.3, 0.4) is 0 Å². The first-order valence-corrected chi connectivity index (χ1v) is 6.65. The van der Waals surface area contributed by atoms with Crippen molar-refractivity contribution in [2.45, 2.75) is 39.2 Å². The number of benzene rings is 1. The smallest absolute Gasteiger partial charge is 0.236 e. The van der Waals surface area contributed by atoms with Crippen LogP contribution in [-0.4, -0.2) is 25.6 Å². The summed E-state index contributed by atoms with van der Waals surface area (Å²) >= 11 is 0. The zero-order valence-electron chi connectivity index (χ0n) is 12.2. The van der Waals surface area contributed by atoms with E-state index < -0.39 is 6.04 Å². The maximum atomic E-state index is 11.4. The van der Waals surface area contributed by atoms with E-state index in [-0.39, 0.29) is 5.91 Å². The Labute approximate surface area is 115 Å². The summed E-state index contributed by atoms with van der Waals surface area (Å²) in [5.41, 5.74) is 7.88. The number of ether oxygens (including phenoxy) is 1. The summed E-state index contributed by atoms with van der Waals surface area (Å²) in [6, 6.07) is 5.73. The van der Waals surface area contributed by atoms with Crippen LogP contribution in [-0.2, 0) is 11.2 Å². The average molecular weight is 264 g/mol. The molecule has 4 nitrogen and oxygen atoms in total. The van der Waals surface area contributed by atoms with Crippen LogP contribution in [0, 0.1) is 0 Å². The van der Waals surface area contributed by atoms with Crippen molar-refractivity contribution >= 4 is 5.91 Å². The molecule has 0 aliphatic heterocycles. The van der Waals surface area contributed by atoms with E-state index in [4.69, 9.17) is 10.5 Å². The minimum Gasteiger partial charge on any atom is -0.496 e. The molecular weight excluding hydrogens is 240 g/mol. The second-order valence-electron chi connectivity index (χ2n) is 5.06. The van der Waals surface area contributed by atoms with Crippen molar-refractivity contribution in [1.82, 2.24) is 5.32 Å². The van der Waals surface area contributed by atoms with Crippen LogP contribution < -0.4 is 15.8 Å². The van der Waals surface area contributed by atoms with Crippen molar-refractivity contribution in [2.75, 3.05) is 13.7 Å². The number of nitrogens with one attached hydrogen (secondary N) is 1. The third kappa shape index (κ3) is 4.56. The third-order valence-corrected chi connectivity index (χ3v) is 3.08. The van der Waals surface area contributed by atoms with Gasteiger partial charge in [-0.1, -0.05) is 26.0 Å². The van der Waals surface area contributed by atoms with Crippen molar-refractivity contribution in [3.8, 4) is 5.75 Å². The molecule has 0 radical (unpaired) electrons. The fraction of sp³-hybridized carbons (Fsp3) is 0.533. The Balaban J connectivity index is 2.70. The Hall–Kier alpha value is -1.55. The maximum Gasteiger partial charge on any atom is 0.236 e. The van der Waals surface area contributed by atoms with Crippen LogP contribution >= 0.6 is 0 Å². The topological polar surface area (TPSA) is 64.3 Å². The van der Waals surface area contributed by atoms with Crippen molar-refractivity contribution < 1.29 is 9.53 Å². The number of hydrogen-bond donors (Lipinski definition) is 2. The molecule has 0 bridgehead atoms. The number of carbonyl (C=O) groups excluding carboxylic acids is 1. The lowest BCUT2D eigenvalue weighted by Gasteiger charge is -2.13. The van der Waals surface area contributed by atoms with E-state index in [2.05, 4.69) is 31.3 Å². The summed E-state index contributed by atoms with van der Waals surface area (Å²) in [5.74, 6) is 1.21. The Kier molecular flexibility index (Phi) is 5.83. The molecule has 0 saturated heterocycles. The molecule has 0 aliphatic carbocycles. The van der Waals surface area contributed by atoms with Gasteiger partial charge < -0.3 is 15.8 Å². The van der Waals surface area contributed by atoms with Gasteiger partial charge in [-0.25, -0.2) is 0 Å². The first-order valence-electron chi connectivity index (χ1n) is 6.65. The van der Waals surface area contributed by atoms with Gasteiger partial charge in [0.2, 0.25) is 5.91 Å². The van der Waals surface area contributed by atoms with Gasteiger partial charge in [0.15, 0.2) is 0 Å². The standard InChI is InChI=1S/C15H24N2O2/c1-10(2)12-5-6-14(19-4)13(9-12)7-8-17-15(18)11(3)16/h5-6,9-11H,7-8,16H2,1-4H3,(H,17,18). The third-order valence-electron chi connectivity index (χ3n) is 3.08. The lowest BCUT2D eigenvalue weighted by Crippen LogP contribution is -2.39. The van der Waals surface area contributed by atoms with Gasteiger partial charge in [-0.15, -0.1) is 0 Å². The first-order chi connectivity index (χ1) is 8.95. The first kappa shape index (κ1) is 15.5. The molecule has 0 aromatic heterocycles. The molecule has 1 aromatic carbocycles. The van der Waals surface area contributed by atoms with Crippen LogP contribution in [0.4, 0.5) is 0 Å². The zero-order chi connectivity index (χ0) is 14.4. The lowest BCUT2D eigenvalue weighted by molar-refractivity contribution is -0.121. The molecular formula is C15H24N2O2. The second kappa shape index (κ2) is 7.14. The molecule has 0 aliphatic rings. The fourth-order valence-electron chi connectivity index (χ4n) is 1.83. The van der Waals surface area contributed by atoms with Gasteiger partial charge in [0.1, 0.15) is 5.75 Å². The monoisotopic (exact) mass is 264 g/mol. The van der Waals surface area contributed by atoms with Crippen LogP contribution in [0.15, 0.2) is 18.2 Å². The van der Waals surface area contributed by atoms with E-state index in [1.54, 1.807) is 14.0 Å². The summed E-state index contributed by atoms with van der Waals surface area (Å²) < 4.78 is 5.35. The van der Waals surface area contributed by atoms with Crippen molar-refractivity contribution in [2.24, 2.45) is 5.73 Å². The molecule has 106 valence electrons. The predicted molar refractivity (Wildman–Crippen MR) is 77.4 cm³/mol. The maximum absolute atomic E-state index is 11.4. The number of hydrogen-bond acceptors (Lipinski definition) is 3. The van der Waals surface area contributed by atoms with E-state index >= 15 is 0 Å². The summed E-state index contributed by atoms with van der Waals surface area (Å²) in [5, 5.41) is 2.81. The molecule has 0 saturated carbocycles. The molecule has 0 fully saturated rings. The highest BCUT2D eigenvalue weighted by molar-refractivity contribution is 5.80. The quantitative estimate of drug-likeness (QED) is 0.824. The van der Waals surface area contributed by atoms with Gasteiger partial charge in [-0.05, 0) is 36.5 Å². The summed E-state index contributed by atoms with van der Waals surface area (Å²) in [6.45, 7) is 6.56. The van der Waals surface area contributed by atoms with Crippen LogP contribution in [0.2, 0.25) is 0 Å². The molecule has 19 heavy (non-hydrogen) atoms. The van der Waals surface area contributed by atoms with Crippen molar-refractivity contribution in [3.63, 3.8) is 0 Å². The van der Waals surface area contributed by atoms with Crippen LogP contribution in [0.1, 0.15) is 37.8 Å². The number of nitrogens with two attached hydrogens (primary N) is 1. The van der Waals surface area contributed by atoms with E-state index in [9.17, 15) is 4.79 Å². The minimum absolute atomic E-state index is 0.126. The summed E-state index contributed by atoms with van der Waals surface area (Å²) in [4.78, 5) is 11.4. The van der Waals surface area contributed by atoms with Gasteiger partial charge in [0.25, 0.3) is 0 Å². The van der Waals surface area contributed by atoms with E-state index in [1.807, 2.05) is 6.07 Å². The molecule has 3 N–H and O–H groups in total. The van der Waals surface area contributed by atoms with Gasteiger partial charge >= 0.3 is 0 Å². The molecule has 0 spiro atoms. The molecule has 1 amide bonds. The molecule has 1 atom stereocenters. The predicted octanol–water partition coefficient (Wildman–Crippen LogP) is 1.82. The van der Waals surface area contributed by atoms with Crippen LogP contribution in [0.25, 0.3) is 0 Å². The SMILES string of the molecule is COc1ccc(C(C)C)cc1CCNC(=O)C(C)N. The second-order valence-corrected chi connectivity index (χ2v) is 5.06. The minimum atomic E-state index is -0.469. The van der Waals surface area contributed by atoms with E-state index in [1.165, 1.54) is 5.56 Å². The lowest BCUT2D eigenvalue weighted by atomic mass is 9.99. The van der Waals surface area contributed by atoms with Gasteiger partial charge in [0.05, 0.1) is 13.2 Å². The summed E-state index contributed by atoms with van der Waals surface area (Å²) in [7, 11) is 1.66. The Bertz CT molecular complexity index is 428. The highest BCUT2D eigenvalue weighted by Crippen LogP contribution is 2.24. The molecule has 1 unspecified atom stereocenters. The normalized spacial score (nSPS) is 12.3. The van der Waals surface area contributed by atoms with Crippen molar-refractivity contribution in [3.05, 3.63) is 29.3 Å². The highest BCUT2D eigenvalue weighted by atomic mass is 16.5. The van der Waals surface area contributed by atoms with Gasteiger partial charge in [0, 0.05) is 6.54 Å². The largest absolute Gasteiger partial charge is 0.496 e. The Morgan fingerprint density at radius 1 is 1.37 bits per heavy atom. The molecule has 4 heteroatoms. The number of carbonyl (C=O) groups is 1. The van der Waals surface area contributed by atoms with E-state index in [0.29, 0.717) is 12.5 Å².